The van der Waals surface area contributed by atoms with Crippen LogP contribution in [0.1, 0.15) is 13.8 Å². The maximum atomic E-state index is 11.3. The lowest BCUT2D eigenvalue weighted by molar-refractivity contribution is -0.138. The van der Waals surface area contributed by atoms with Crippen molar-refractivity contribution in [1.82, 2.24) is 9.80 Å². The summed E-state index contributed by atoms with van der Waals surface area (Å²) >= 11 is 0. The van der Waals surface area contributed by atoms with Crippen molar-refractivity contribution in [3.63, 3.8) is 0 Å². The summed E-state index contributed by atoms with van der Waals surface area (Å²) in [6, 6.07) is 0. The molecule has 1 amide bonds. The van der Waals surface area contributed by atoms with E-state index in [-0.39, 0.29) is 5.91 Å². The van der Waals surface area contributed by atoms with Crippen molar-refractivity contribution >= 4 is 12.2 Å². The van der Waals surface area contributed by atoms with Crippen LogP contribution in [0, 0.1) is 0 Å². The molecule has 0 aromatic rings. The van der Waals surface area contributed by atoms with Crippen molar-refractivity contribution in [2.24, 2.45) is 0 Å². The van der Waals surface area contributed by atoms with Crippen LogP contribution < -0.4 is 0 Å². The molecule has 0 aliphatic carbocycles. The number of carbonyl (C=O) groups excluding carboxylic acids is 2. The molecule has 0 unspecified atom stereocenters. The van der Waals surface area contributed by atoms with E-state index in [1.54, 1.807) is 11.9 Å². The van der Waals surface area contributed by atoms with Crippen molar-refractivity contribution in [3.05, 3.63) is 0 Å². The van der Waals surface area contributed by atoms with Gasteiger partial charge in [-0.3, -0.25) is 9.69 Å². The molecular weight excluding hydrogens is 168 g/mol. The van der Waals surface area contributed by atoms with E-state index in [2.05, 4.69) is 0 Å². The van der Waals surface area contributed by atoms with Crippen molar-refractivity contribution in [2.75, 3.05) is 26.7 Å². The van der Waals surface area contributed by atoms with Gasteiger partial charge in [-0.1, -0.05) is 0 Å². The van der Waals surface area contributed by atoms with Crippen LogP contribution in [0.15, 0.2) is 0 Å². The Hall–Kier alpha value is -0.900. The molecule has 0 spiro atoms. The Morgan fingerprint density at radius 1 is 1.38 bits per heavy atom. The number of carbonyl (C=O) groups is 2. The molecular formula is C9H16N2O2. The van der Waals surface area contributed by atoms with Gasteiger partial charge in [-0.15, -0.1) is 0 Å². The first-order chi connectivity index (χ1) is 5.97. The zero-order valence-corrected chi connectivity index (χ0v) is 8.41. The summed E-state index contributed by atoms with van der Waals surface area (Å²) in [5.74, 6) is 0.0844. The smallest absolute Gasteiger partial charge is 0.236 e. The summed E-state index contributed by atoms with van der Waals surface area (Å²) in [6.45, 7) is 5.49. The van der Waals surface area contributed by atoms with Crippen molar-refractivity contribution in [1.29, 1.82) is 0 Å². The molecule has 1 fully saturated rings. The molecule has 1 aliphatic rings. The van der Waals surface area contributed by atoms with Gasteiger partial charge >= 0.3 is 0 Å². The highest BCUT2D eigenvalue weighted by atomic mass is 16.2. The van der Waals surface area contributed by atoms with E-state index in [0.717, 1.165) is 12.8 Å². The summed E-state index contributed by atoms with van der Waals surface area (Å²) in [6.07, 6.45) is 0.894. The predicted octanol–water partition coefficient (Wildman–Crippen LogP) is -0.262. The number of rotatable bonds is 2. The van der Waals surface area contributed by atoms with Crippen LogP contribution in [0.2, 0.25) is 0 Å². The molecule has 0 bridgehead atoms. The van der Waals surface area contributed by atoms with Crippen molar-refractivity contribution < 1.29 is 9.59 Å². The van der Waals surface area contributed by atoms with Gasteiger partial charge in [0.15, 0.2) is 0 Å². The second-order valence-electron chi connectivity index (χ2n) is 4.01. The van der Waals surface area contributed by atoms with Gasteiger partial charge in [0.2, 0.25) is 5.91 Å². The Morgan fingerprint density at radius 2 is 2.00 bits per heavy atom. The summed E-state index contributed by atoms with van der Waals surface area (Å²) < 4.78 is 0. The molecule has 0 N–H and O–H groups in total. The fraction of sp³-hybridized carbons (Fsp3) is 0.778. The highest BCUT2D eigenvalue weighted by Crippen LogP contribution is 2.14. The van der Waals surface area contributed by atoms with Gasteiger partial charge in [0.05, 0.1) is 12.1 Å². The van der Waals surface area contributed by atoms with Gasteiger partial charge in [-0.25, -0.2) is 0 Å². The molecule has 1 heterocycles. The highest BCUT2D eigenvalue weighted by molar-refractivity contribution is 5.79. The lowest BCUT2D eigenvalue weighted by Gasteiger charge is -2.39. The molecule has 4 heteroatoms. The largest absolute Gasteiger partial charge is 0.343 e. The monoisotopic (exact) mass is 184 g/mol. The SMILES string of the molecule is CN1CCN(C(C)(C)C=O)CC1=O. The van der Waals surface area contributed by atoms with Crippen LogP contribution in [0.25, 0.3) is 0 Å². The molecule has 13 heavy (non-hydrogen) atoms. The van der Waals surface area contributed by atoms with E-state index < -0.39 is 5.54 Å². The number of hydrogen-bond donors (Lipinski definition) is 0. The first-order valence-electron chi connectivity index (χ1n) is 4.43. The number of hydrogen-bond acceptors (Lipinski definition) is 3. The average molecular weight is 184 g/mol. The van der Waals surface area contributed by atoms with Gasteiger partial charge in [-0.05, 0) is 13.8 Å². The Labute approximate surface area is 78.5 Å². The topological polar surface area (TPSA) is 40.6 Å². The Balaban J connectivity index is 2.65. The number of nitrogens with zero attached hydrogens (tertiary/aromatic N) is 2. The Kier molecular flexibility index (Phi) is 2.71. The standard InChI is InChI=1S/C9H16N2O2/c1-9(2,7-12)11-5-4-10(3)8(13)6-11/h7H,4-6H2,1-3H3. The minimum atomic E-state index is -0.517. The minimum absolute atomic E-state index is 0.0844. The van der Waals surface area contributed by atoms with Crippen LogP contribution in [0.5, 0.6) is 0 Å². The number of likely N-dealkylation sites (N-methyl/N-ethyl adjacent to an activating group) is 1. The lowest BCUT2D eigenvalue weighted by atomic mass is 10.0. The maximum Gasteiger partial charge on any atom is 0.236 e. The molecule has 74 valence electrons. The fourth-order valence-electron chi connectivity index (χ4n) is 1.32. The average Bonchev–Trinajstić information content (AvgIpc) is 2.09. The molecule has 0 aromatic carbocycles. The van der Waals surface area contributed by atoms with Crippen LogP contribution >= 0.6 is 0 Å². The van der Waals surface area contributed by atoms with Crippen LogP contribution in [0.4, 0.5) is 0 Å². The molecule has 1 rings (SSSR count). The molecule has 0 atom stereocenters. The van der Waals surface area contributed by atoms with Gasteiger partial charge in [0.25, 0.3) is 0 Å². The normalized spacial score (nSPS) is 20.5. The van der Waals surface area contributed by atoms with E-state index >= 15 is 0 Å². The second kappa shape index (κ2) is 3.46. The second-order valence-corrected chi connectivity index (χ2v) is 4.01. The van der Waals surface area contributed by atoms with Crippen LogP contribution in [-0.2, 0) is 9.59 Å². The molecule has 1 aliphatic heterocycles. The van der Waals surface area contributed by atoms with E-state index in [4.69, 9.17) is 0 Å². The fourth-order valence-corrected chi connectivity index (χ4v) is 1.32. The third-order valence-electron chi connectivity index (χ3n) is 2.56. The number of piperazine rings is 1. The number of amides is 1. The molecule has 0 radical (unpaired) electrons. The van der Waals surface area contributed by atoms with Crippen LogP contribution in [0.3, 0.4) is 0 Å². The summed E-state index contributed by atoms with van der Waals surface area (Å²) in [5, 5.41) is 0. The van der Waals surface area contributed by atoms with E-state index in [9.17, 15) is 9.59 Å². The molecule has 4 nitrogen and oxygen atoms in total. The molecule has 1 saturated heterocycles. The van der Waals surface area contributed by atoms with E-state index in [1.165, 1.54) is 0 Å². The first-order valence-corrected chi connectivity index (χ1v) is 4.43. The number of aldehydes is 1. The van der Waals surface area contributed by atoms with Gasteiger partial charge in [0.1, 0.15) is 6.29 Å². The minimum Gasteiger partial charge on any atom is -0.343 e. The first kappa shape index (κ1) is 10.2. The molecule has 0 aromatic heterocycles. The predicted molar refractivity (Wildman–Crippen MR) is 49.4 cm³/mol. The summed E-state index contributed by atoms with van der Waals surface area (Å²) in [5.41, 5.74) is -0.517. The quantitative estimate of drug-likeness (QED) is 0.555. The lowest BCUT2D eigenvalue weighted by Crippen LogP contribution is -2.56. The summed E-state index contributed by atoms with van der Waals surface area (Å²) in [4.78, 5) is 25.7. The Morgan fingerprint density at radius 3 is 2.46 bits per heavy atom. The molecule has 0 saturated carbocycles. The van der Waals surface area contributed by atoms with Crippen LogP contribution in [-0.4, -0.2) is 54.2 Å². The van der Waals surface area contributed by atoms with Gasteiger partial charge in [0, 0.05) is 20.1 Å². The zero-order chi connectivity index (χ0) is 10.1. The van der Waals surface area contributed by atoms with E-state index in [0.29, 0.717) is 13.1 Å². The van der Waals surface area contributed by atoms with Gasteiger partial charge < -0.3 is 9.69 Å². The van der Waals surface area contributed by atoms with Crippen molar-refractivity contribution in [3.8, 4) is 0 Å². The highest BCUT2D eigenvalue weighted by Gasteiger charge is 2.31. The zero-order valence-electron chi connectivity index (χ0n) is 8.41. The summed E-state index contributed by atoms with van der Waals surface area (Å²) in [7, 11) is 1.79. The van der Waals surface area contributed by atoms with Gasteiger partial charge in [-0.2, -0.15) is 0 Å². The maximum absolute atomic E-state index is 11.3. The van der Waals surface area contributed by atoms with Crippen molar-refractivity contribution in [2.45, 2.75) is 19.4 Å². The third kappa shape index (κ3) is 2.06. The Bertz CT molecular complexity index is 226. The third-order valence-corrected chi connectivity index (χ3v) is 2.56. The van der Waals surface area contributed by atoms with E-state index in [1.807, 2.05) is 18.7 Å².